The van der Waals surface area contributed by atoms with Gasteiger partial charge < -0.3 is 4.74 Å². The van der Waals surface area contributed by atoms with Gasteiger partial charge in [0.2, 0.25) is 0 Å². The lowest BCUT2D eigenvalue weighted by Gasteiger charge is -2.08. The van der Waals surface area contributed by atoms with E-state index in [0.29, 0.717) is 0 Å². The van der Waals surface area contributed by atoms with E-state index in [-0.39, 0.29) is 0 Å². The van der Waals surface area contributed by atoms with Gasteiger partial charge >= 0.3 is 0 Å². The standard InChI is InChI=1S/C15H12N2O/c1-18-14-8-7-11(13-6-2-3-9-16-13)15-12(14)5-4-10-17-15/h2-10H,1H3. The molecule has 0 aliphatic rings. The molecule has 1 aromatic carbocycles. The molecule has 0 bridgehead atoms. The van der Waals surface area contributed by atoms with E-state index in [1.807, 2.05) is 42.5 Å². The Hall–Kier alpha value is -2.42. The first-order chi connectivity index (χ1) is 8.90. The zero-order valence-electron chi connectivity index (χ0n) is 10.00. The number of pyridine rings is 2. The molecule has 0 unspecified atom stereocenters. The van der Waals surface area contributed by atoms with Gasteiger partial charge in [0.1, 0.15) is 5.75 Å². The number of hydrogen-bond acceptors (Lipinski definition) is 3. The van der Waals surface area contributed by atoms with Crippen molar-refractivity contribution in [3.05, 3.63) is 54.9 Å². The second-order valence-electron chi connectivity index (χ2n) is 3.93. The number of nitrogens with zero attached hydrogens (tertiary/aromatic N) is 2. The van der Waals surface area contributed by atoms with Crippen LogP contribution < -0.4 is 4.74 Å². The Morgan fingerprint density at radius 2 is 1.78 bits per heavy atom. The number of fused-ring (bicyclic) bond motifs is 1. The molecule has 3 aromatic rings. The summed E-state index contributed by atoms with van der Waals surface area (Å²) >= 11 is 0. The van der Waals surface area contributed by atoms with Gasteiger partial charge in [-0.15, -0.1) is 0 Å². The zero-order valence-corrected chi connectivity index (χ0v) is 10.00. The summed E-state index contributed by atoms with van der Waals surface area (Å²) in [6.45, 7) is 0. The summed E-state index contributed by atoms with van der Waals surface area (Å²) in [7, 11) is 1.67. The quantitative estimate of drug-likeness (QED) is 0.684. The lowest BCUT2D eigenvalue weighted by Crippen LogP contribution is -1.90. The number of benzene rings is 1. The van der Waals surface area contributed by atoms with E-state index in [0.717, 1.165) is 27.9 Å². The smallest absolute Gasteiger partial charge is 0.128 e. The minimum atomic E-state index is 0.831. The molecule has 0 aliphatic heterocycles. The Balaban J connectivity index is 2.32. The van der Waals surface area contributed by atoms with Crippen molar-refractivity contribution in [2.24, 2.45) is 0 Å². The van der Waals surface area contributed by atoms with E-state index in [2.05, 4.69) is 9.97 Å². The summed E-state index contributed by atoms with van der Waals surface area (Å²) in [6, 6.07) is 13.7. The van der Waals surface area contributed by atoms with Crippen molar-refractivity contribution >= 4 is 10.9 Å². The molecule has 0 amide bonds. The maximum atomic E-state index is 5.36. The van der Waals surface area contributed by atoms with Crippen LogP contribution in [-0.4, -0.2) is 17.1 Å². The van der Waals surface area contributed by atoms with Crippen LogP contribution in [0.1, 0.15) is 0 Å². The van der Waals surface area contributed by atoms with E-state index in [9.17, 15) is 0 Å². The highest BCUT2D eigenvalue weighted by Crippen LogP contribution is 2.31. The van der Waals surface area contributed by atoms with Crippen LogP contribution in [0.25, 0.3) is 22.2 Å². The molecule has 2 heterocycles. The average Bonchev–Trinajstić information content (AvgIpc) is 2.47. The summed E-state index contributed by atoms with van der Waals surface area (Å²) in [4.78, 5) is 8.82. The Kier molecular flexibility index (Phi) is 2.65. The molecule has 0 N–H and O–H groups in total. The van der Waals surface area contributed by atoms with Crippen molar-refractivity contribution in [3.63, 3.8) is 0 Å². The van der Waals surface area contributed by atoms with Crippen molar-refractivity contribution in [1.29, 1.82) is 0 Å². The van der Waals surface area contributed by atoms with Gasteiger partial charge in [-0.1, -0.05) is 6.07 Å². The molecule has 0 fully saturated rings. The van der Waals surface area contributed by atoms with Gasteiger partial charge in [0.25, 0.3) is 0 Å². The first-order valence-corrected chi connectivity index (χ1v) is 5.73. The molecule has 3 nitrogen and oxygen atoms in total. The van der Waals surface area contributed by atoms with Gasteiger partial charge in [-0.25, -0.2) is 0 Å². The summed E-state index contributed by atoms with van der Waals surface area (Å²) in [6.07, 6.45) is 3.57. The van der Waals surface area contributed by atoms with Crippen LogP contribution >= 0.6 is 0 Å². The van der Waals surface area contributed by atoms with Gasteiger partial charge in [-0.2, -0.15) is 0 Å². The Morgan fingerprint density at radius 3 is 2.56 bits per heavy atom. The van der Waals surface area contributed by atoms with Gasteiger partial charge in [-0.05, 0) is 36.4 Å². The zero-order chi connectivity index (χ0) is 12.4. The van der Waals surface area contributed by atoms with Crippen molar-refractivity contribution in [2.75, 3.05) is 7.11 Å². The largest absolute Gasteiger partial charge is 0.496 e. The van der Waals surface area contributed by atoms with Crippen LogP contribution in [0.5, 0.6) is 5.75 Å². The van der Waals surface area contributed by atoms with E-state index >= 15 is 0 Å². The van der Waals surface area contributed by atoms with E-state index < -0.39 is 0 Å². The molecule has 0 radical (unpaired) electrons. The van der Waals surface area contributed by atoms with Crippen LogP contribution in [0.2, 0.25) is 0 Å². The van der Waals surface area contributed by atoms with Crippen LogP contribution in [-0.2, 0) is 0 Å². The minimum absolute atomic E-state index is 0.831. The van der Waals surface area contributed by atoms with Gasteiger partial charge in [0, 0.05) is 23.3 Å². The predicted octanol–water partition coefficient (Wildman–Crippen LogP) is 3.31. The molecule has 2 aromatic heterocycles. The number of aromatic nitrogens is 2. The molecule has 0 aliphatic carbocycles. The summed E-state index contributed by atoms with van der Waals surface area (Å²) in [5, 5.41) is 1.00. The molecule has 18 heavy (non-hydrogen) atoms. The van der Waals surface area contributed by atoms with Crippen molar-refractivity contribution in [3.8, 4) is 17.0 Å². The van der Waals surface area contributed by atoms with Crippen molar-refractivity contribution in [1.82, 2.24) is 9.97 Å². The van der Waals surface area contributed by atoms with Gasteiger partial charge in [-0.3, -0.25) is 9.97 Å². The first kappa shape index (κ1) is 10.7. The van der Waals surface area contributed by atoms with Crippen LogP contribution in [0.15, 0.2) is 54.9 Å². The molecule has 3 heteroatoms. The molecule has 0 saturated carbocycles. The normalized spacial score (nSPS) is 10.5. The fourth-order valence-corrected chi connectivity index (χ4v) is 2.05. The molecule has 0 atom stereocenters. The third kappa shape index (κ3) is 1.70. The fraction of sp³-hybridized carbons (Fsp3) is 0.0667. The molecule has 88 valence electrons. The van der Waals surface area contributed by atoms with Crippen LogP contribution in [0.3, 0.4) is 0 Å². The topological polar surface area (TPSA) is 35.0 Å². The monoisotopic (exact) mass is 236 g/mol. The third-order valence-corrected chi connectivity index (χ3v) is 2.89. The fourth-order valence-electron chi connectivity index (χ4n) is 2.05. The Morgan fingerprint density at radius 1 is 0.889 bits per heavy atom. The lowest BCUT2D eigenvalue weighted by molar-refractivity contribution is 0.420. The molecule has 3 rings (SSSR count). The van der Waals surface area contributed by atoms with Crippen molar-refractivity contribution in [2.45, 2.75) is 0 Å². The first-order valence-electron chi connectivity index (χ1n) is 5.73. The highest BCUT2D eigenvalue weighted by molar-refractivity contribution is 5.96. The summed E-state index contributed by atoms with van der Waals surface area (Å²) < 4.78 is 5.36. The predicted molar refractivity (Wildman–Crippen MR) is 71.5 cm³/mol. The molecule has 0 saturated heterocycles. The van der Waals surface area contributed by atoms with Crippen LogP contribution in [0.4, 0.5) is 0 Å². The molecular formula is C15H12N2O. The minimum Gasteiger partial charge on any atom is -0.496 e. The maximum absolute atomic E-state index is 5.36. The SMILES string of the molecule is COc1ccc(-c2ccccn2)c2ncccc12. The highest BCUT2D eigenvalue weighted by Gasteiger charge is 2.09. The van der Waals surface area contributed by atoms with Gasteiger partial charge in [0.05, 0.1) is 18.3 Å². The van der Waals surface area contributed by atoms with E-state index in [1.54, 1.807) is 19.5 Å². The number of ether oxygens (including phenoxy) is 1. The molecular weight excluding hydrogens is 224 g/mol. The number of hydrogen-bond donors (Lipinski definition) is 0. The number of methoxy groups -OCH3 is 1. The van der Waals surface area contributed by atoms with Crippen molar-refractivity contribution < 1.29 is 4.74 Å². The maximum Gasteiger partial charge on any atom is 0.128 e. The summed E-state index contributed by atoms with van der Waals surface area (Å²) in [5.74, 6) is 0.831. The number of rotatable bonds is 2. The Labute approximate surface area is 105 Å². The van der Waals surface area contributed by atoms with Crippen LogP contribution in [0, 0.1) is 0 Å². The second-order valence-corrected chi connectivity index (χ2v) is 3.93. The third-order valence-electron chi connectivity index (χ3n) is 2.89. The second kappa shape index (κ2) is 4.45. The summed E-state index contributed by atoms with van der Waals surface area (Å²) in [5.41, 5.74) is 2.85. The van der Waals surface area contributed by atoms with Gasteiger partial charge in [0.15, 0.2) is 0 Å². The highest BCUT2D eigenvalue weighted by atomic mass is 16.5. The van der Waals surface area contributed by atoms with E-state index in [1.165, 1.54) is 0 Å². The Bertz CT molecular complexity index is 680. The molecule has 0 spiro atoms. The van der Waals surface area contributed by atoms with E-state index in [4.69, 9.17) is 4.74 Å². The average molecular weight is 236 g/mol. The lowest BCUT2D eigenvalue weighted by atomic mass is 10.1.